The number of aromatic nitrogens is 3. The Labute approximate surface area is 244 Å². The molecule has 1 atom stereocenters. The predicted molar refractivity (Wildman–Crippen MR) is 148 cm³/mol. The van der Waals surface area contributed by atoms with Crippen molar-refractivity contribution in [2.24, 2.45) is 0 Å². The fourth-order valence-corrected chi connectivity index (χ4v) is 4.91. The summed E-state index contributed by atoms with van der Waals surface area (Å²) in [5, 5.41) is 2.46. The van der Waals surface area contributed by atoms with Crippen LogP contribution in [-0.4, -0.2) is 114 Å². The van der Waals surface area contributed by atoms with Crippen LogP contribution >= 0.6 is 0 Å². The fraction of sp³-hybridized carbons (Fsp3) is 0.407. The standard InChI is InChI=1S/C27H30F2N8O6/c1-3-42-26(40)31-13-18-14-37(27(41)43-18)17-11-19(28)23(20(29)12-17)35-9-7-34(8-10-35)22(38)16-33(2)24(39)21-15-36-6-4-5-30-25(36)32-21/h4-6,11-12,15,18H,3,7-10,13-14,16H2,1-2H3,(H,31,40)/t18-/m0/s1. The van der Waals surface area contributed by atoms with Gasteiger partial charge in [-0.1, -0.05) is 0 Å². The SMILES string of the molecule is CCOC(=O)NC[C@H]1CN(c2cc(F)c(N3CCN(C(=O)CN(C)C(=O)c4cn5cccnc5n4)CC3)c(F)c2)C(=O)O1. The summed E-state index contributed by atoms with van der Waals surface area (Å²) in [6, 6.07) is 3.80. The lowest BCUT2D eigenvalue weighted by atomic mass is 10.2. The first-order chi connectivity index (χ1) is 20.6. The number of imidazole rings is 1. The molecule has 43 heavy (non-hydrogen) atoms. The number of anilines is 2. The molecule has 4 heterocycles. The number of likely N-dealkylation sites (N-methyl/N-ethyl adjacent to an activating group) is 1. The average molecular weight is 601 g/mol. The van der Waals surface area contributed by atoms with Gasteiger partial charge in [-0.2, -0.15) is 0 Å². The van der Waals surface area contributed by atoms with E-state index in [2.05, 4.69) is 15.3 Å². The Bertz CT molecular complexity index is 1490. The summed E-state index contributed by atoms with van der Waals surface area (Å²) in [4.78, 5) is 63.2. The van der Waals surface area contributed by atoms with Crippen LogP contribution in [0.1, 0.15) is 17.4 Å². The molecule has 2 aliphatic heterocycles. The minimum absolute atomic E-state index is 0.0186. The second-order valence-corrected chi connectivity index (χ2v) is 9.96. The second-order valence-electron chi connectivity index (χ2n) is 9.96. The number of rotatable bonds is 8. The Morgan fingerprint density at radius 3 is 2.56 bits per heavy atom. The molecule has 0 saturated carbocycles. The number of benzene rings is 1. The lowest BCUT2D eigenvalue weighted by molar-refractivity contribution is -0.132. The minimum atomic E-state index is -0.872. The van der Waals surface area contributed by atoms with Crippen LogP contribution in [0.5, 0.6) is 0 Å². The summed E-state index contributed by atoms with van der Waals surface area (Å²) in [6.45, 7) is 2.28. The van der Waals surface area contributed by atoms with Gasteiger partial charge in [0.1, 0.15) is 17.5 Å². The number of ether oxygens (including phenoxy) is 2. The molecule has 3 aromatic rings. The molecule has 1 aromatic carbocycles. The second kappa shape index (κ2) is 12.5. The molecule has 0 spiro atoms. The number of amides is 4. The van der Waals surface area contributed by atoms with Crippen LogP contribution < -0.4 is 15.1 Å². The molecule has 0 aliphatic carbocycles. The molecule has 2 fully saturated rings. The largest absolute Gasteiger partial charge is 0.450 e. The normalized spacial score (nSPS) is 16.8. The van der Waals surface area contributed by atoms with Crippen molar-refractivity contribution in [2.45, 2.75) is 13.0 Å². The smallest absolute Gasteiger partial charge is 0.414 e. The van der Waals surface area contributed by atoms with Gasteiger partial charge in [-0.05, 0) is 13.0 Å². The number of piperazine rings is 1. The Morgan fingerprint density at radius 1 is 1.16 bits per heavy atom. The predicted octanol–water partition coefficient (Wildman–Crippen LogP) is 1.50. The molecule has 1 N–H and O–H groups in total. The monoisotopic (exact) mass is 600 g/mol. The van der Waals surface area contributed by atoms with E-state index in [0.29, 0.717) is 5.78 Å². The Morgan fingerprint density at radius 2 is 1.88 bits per heavy atom. The highest BCUT2D eigenvalue weighted by molar-refractivity contribution is 5.95. The van der Waals surface area contributed by atoms with Gasteiger partial charge in [0.25, 0.3) is 5.91 Å². The molecule has 0 radical (unpaired) electrons. The van der Waals surface area contributed by atoms with Crippen LogP contribution in [-0.2, 0) is 14.3 Å². The molecule has 4 amide bonds. The number of hydrogen-bond acceptors (Lipinski definition) is 9. The van der Waals surface area contributed by atoms with Gasteiger partial charge in [0.2, 0.25) is 11.7 Å². The highest BCUT2D eigenvalue weighted by atomic mass is 19.1. The van der Waals surface area contributed by atoms with Crippen LogP contribution in [0, 0.1) is 11.6 Å². The molecule has 0 bridgehead atoms. The average Bonchev–Trinajstić information content (AvgIpc) is 3.59. The van der Waals surface area contributed by atoms with Crippen molar-refractivity contribution in [1.29, 1.82) is 0 Å². The Hall–Kier alpha value is -5.02. The number of fused-ring (bicyclic) bond motifs is 1. The molecule has 228 valence electrons. The first-order valence-corrected chi connectivity index (χ1v) is 13.6. The molecule has 14 nitrogen and oxygen atoms in total. The zero-order valence-electron chi connectivity index (χ0n) is 23.5. The molecule has 2 aromatic heterocycles. The summed E-state index contributed by atoms with van der Waals surface area (Å²) in [5.41, 5.74) is -0.138. The van der Waals surface area contributed by atoms with E-state index in [4.69, 9.17) is 9.47 Å². The maximum atomic E-state index is 15.2. The third-order valence-corrected chi connectivity index (χ3v) is 7.06. The number of alkyl carbamates (subject to hydrolysis) is 1. The van der Waals surface area contributed by atoms with Crippen molar-refractivity contribution < 1.29 is 37.4 Å². The highest BCUT2D eigenvalue weighted by Gasteiger charge is 2.34. The summed E-state index contributed by atoms with van der Waals surface area (Å²) in [7, 11) is 1.50. The van der Waals surface area contributed by atoms with Crippen molar-refractivity contribution >= 4 is 41.2 Å². The Balaban J connectivity index is 1.15. The van der Waals surface area contributed by atoms with Gasteiger partial charge in [0, 0.05) is 63.9 Å². The first kappa shape index (κ1) is 29.5. The highest BCUT2D eigenvalue weighted by Crippen LogP contribution is 2.31. The fourth-order valence-electron chi connectivity index (χ4n) is 4.91. The molecule has 2 saturated heterocycles. The molecule has 16 heteroatoms. The van der Waals surface area contributed by atoms with Crippen LogP contribution in [0.15, 0.2) is 36.8 Å². The third kappa shape index (κ3) is 6.42. The van der Waals surface area contributed by atoms with E-state index in [1.807, 2.05) is 0 Å². The topological polar surface area (TPSA) is 142 Å². The Kier molecular flexibility index (Phi) is 8.54. The molecule has 0 unspecified atom stereocenters. The van der Waals surface area contributed by atoms with Crippen molar-refractivity contribution in [1.82, 2.24) is 29.5 Å². The van der Waals surface area contributed by atoms with Gasteiger partial charge < -0.3 is 29.5 Å². The van der Waals surface area contributed by atoms with E-state index < -0.39 is 35.8 Å². The molecule has 5 rings (SSSR count). The van der Waals surface area contributed by atoms with Gasteiger partial charge in [-0.15, -0.1) is 0 Å². The van der Waals surface area contributed by atoms with Crippen molar-refractivity contribution in [3.63, 3.8) is 0 Å². The van der Waals surface area contributed by atoms with Crippen LogP contribution in [0.3, 0.4) is 0 Å². The van der Waals surface area contributed by atoms with Gasteiger partial charge in [-0.25, -0.2) is 28.3 Å². The maximum Gasteiger partial charge on any atom is 0.414 e. The van der Waals surface area contributed by atoms with Gasteiger partial charge in [0.05, 0.1) is 31.9 Å². The number of carbonyl (C=O) groups excluding carboxylic acids is 4. The maximum absolute atomic E-state index is 15.2. The number of hydrogen-bond donors (Lipinski definition) is 1. The number of nitrogens with one attached hydrogen (secondary N) is 1. The lowest BCUT2D eigenvalue weighted by Crippen LogP contribution is -2.51. The number of nitrogens with zero attached hydrogens (tertiary/aromatic N) is 7. The van der Waals surface area contributed by atoms with Crippen molar-refractivity contribution in [3.05, 3.63) is 54.1 Å². The molecular formula is C27H30F2N8O6. The molecule has 2 aliphatic rings. The van der Waals surface area contributed by atoms with Gasteiger partial charge in [-0.3, -0.25) is 18.9 Å². The van der Waals surface area contributed by atoms with E-state index in [1.54, 1.807) is 29.8 Å². The third-order valence-electron chi connectivity index (χ3n) is 7.06. The summed E-state index contributed by atoms with van der Waals surface area (Å²) >= 11 is 0. The quantitative estimate of drug-likeness (QED) is 0.407. The van der Waals surface area contributed by atoms with E-state index >= 15 is 8.78 Å². The van der Waals surface area contributed by atoms with E-state index in [-0.39, 0.29) is 75.4 Å². The molecular weight excluding hydrogens is 570 g/mol. The van der Waals surface area contributed by atoms with Gasteiger partial charge in [0.15, 0.2) is 11.6 Å². The number of cyclic esters (lactones) is 1. The van der Waals surface area contributed by atoms with E-state index in [9.17, 15) is 19.2 Å². The number of halogens is 2. The van der Waals surface area contributed by atoms with Crippen LogP contribution in [0.25, 0.3) is 5.78 Å². The number of carbonyl (C=O) groups is 4. The van der Waals surface area contributed by atoms with Crippen LogP contribution in [0.4, 0.5) is 29.7 Å². The minimum Gasteiger partial charge on any atom is -0.450 e. The lowest BCUT2D eigenvalue weighted by Gasteiger charge is -2.37. The first-order valence-electron chi connectivity index (χ1n) is 13.6. The summed E-state index contributed by atoms with van der Waals surface area (Å²) in [6.07, 6.45) is 2.62. The van der Waals surface area contributed by atoms with E-state index in [1.165, 1.54) is 27.9 Å². The van der Waals surface area contributed by atoms with E-state index in [0.717, 1.165) is 17.0 Å². The summed E-state index contributed by atoms with van der Waals surface area (Å²) in [5.74, 6) is -2.13. The zero-order valence-corrected chi connectivity index (χ0v) is 23.5. The van der Waals surface area contributed by atoms with Crippen LogP contribution in [0.2, 0.25) is 0 Å². The van der Waals surface area contributed by atoms with Crippen molar-refractivity contribution in [3.8, 4) is 0 Å². The summed E-state index contributed by atoms with van der Waals surface area (Å²) < 4.78 is 41.9. The zero-order chi connectivity index (χ0) is 30.7. The van der Waals surface area contributed by atoms with Crippen molar-refractivity contribution in [2.75, 3.05) is 69.3 Å². The van der Waals surface area contributed by atoms with Gasteiger partial charge >= 0.3 is 12.2 Å².